The average molecular weight is 440 g/mol. The fraction of sp³-hybridized carbons (Fsp3) is 0.0714. The van der Waals surface area contributed by atoms with Gasteiger partial charge in [-0.05, 0) is 12.1 Å². The predicted molar refractivity (Wildman–Crippen MR) is 84.1 cm³/mol. The lowest BCUT2D eigenvalue weighted by molar-refractivity contribution is -0.138. The van der Waals surface area contributed by atoms with Gasteiger partial charge in [-0.15, -0.1) is 0 Å². The van der Waals surface area contributed by atoms with E-state index in [1.807, 2.05) is 0 Å². The highest BCUT2D eigenvalue weighted by atomic mass is 79.9. The Kier molecular flexibility index (Phi) is 4.09. The highest BCUT2D eigenvalue weighted by molar-refractivity contribution is 9.10. The van der Waals surface area contributed by atoms with E-state index in [0.717, 1.165) is 6.07 Å². The molecule has 0 atom stereocenters. The van der Waals surface area contributed by atoms with Crippen molar-refractivity contribution in [2.45, 2.75) is 6.18 Å². The standard InChI is InChI=1S/C14H4BrCl2F3N2O2/c15-6-2-1-4(3-5(6)14(18,19)20)13-21-9-10(22-13)12(24)8(17)7(16)11(9)23/h1-3H,(H,21,22). The number of H-pyrrole nitrogens is 1. The normalized spacial score (nSPS) is 15.1. The minimum absolute atomic E-state index is 0.0489. The van der Waals surface area contributed by atoms with Gasteiger partial charge < -0.3 is 4.98 Å². The zero-order chi connectivity index (χ0) is 17.8. The minimum atomic E-state index is -4.58. The number of nitrogens with zero attached hydrogens (tertiary/aromatic N) is 1. The summed E-state index contributed by atoms with van der Waals surface area (Å²) in [5.41, 5.74) is -1.35. The molecule has 1 N–H and O–H groups in total. The molecule has 1 aromatic heterocycles. The molecule has 0 saturated carbocycles. The number of aromatic nitrogens is 2. The third-order valence-corrected chi connectivity index (χ3v) is 4.79. The van der Waals surface area contributed by atoms with Crippen LogP contribution in [0.2, 0.25) is 0 Å². The van der Waals surface area contributed by atoms with Gasteiger partial charge in [0.1, 0.15) is 27.3 Å². The third-order valence-electron chi connectivity index (χ3n) is 3.28. The topological polar surface area (TPSA) is 62.8 Å². The fourth-order valence-corrected chi connectivity index (χ4v) is 2.97. The predicted octanol–water partition coefficient (Wildman–Crippen LogP) is 4.93. The monoisotopic (exact) mass is 438 g/mol. The molecule has 0 spiro atoms. The Morgan fingerprint density at radius 2 is 1.71 bits per heavy atom. The average Bonchev–Trinajstić information content (AvgIpc) is 2.95. The van der Waals surface area contributed by atoms with E-state index in [9.17, 15) is 22.8 Å². The minimum Gasteiger partial charge on any atom is -0.335 e. The third kappa shape index (κ3) is 2.68. The molecule has 1 heterocycles. The maximum atomic E-state index is 13.0. The van der Waals surface area contributed by atoms with Crippen molar-refractivity contribution in [3.8, 4) is 11.4 Å². The number of rotatable bonds is 1. The van der Waals surface area contributed by atoms with Gasteiger partial charge in [0, 0.05) is 10.0 Å². The van der Waals surface area contributed by atoms with Crippen LogP contribution in [0.25, 0.3) is 11.4 Å². The van der Waals surface area contributed by atoms with Gasteiger partial charge in [0.05, 0.1) is 5.56 Å². The van der Waals surface area contributed by atoms with E-state index >= 15 is 0 Å². The quantitative estimate of drug-likeness (QED) is 0.685. The first-order valence-corrected chi connectivity index (χ1v) is 7.78. The molecule has 0 aliphatic heterocycles. The van der Waals surface area contributed by atoms with E-state index in [1.54, 1.807) is 0 Å². The Hall–Kier alpha value is -1.64. The number of hydrogen-bond acceptors (Lipinski definition) is 3. The zero-order valence-corrected chi connectivity index (χ0v) is 14.4. The summed E-state index contributed by atoms with van der Waals surface area (Å²) >= 11 is 14.2. The number of fused-ring (bicyclic) bond motifs is 1. The second kappa shape index (κ2) is 5.72. The molecule has 0 fully saturated rings. The lowest BCUT2D eigenvalue weighted by Gasteiger charge is -2.10. The maximum Gasteiger partial charge on any atom is 0.417 e. The second-order valence-corrected chi connectivity index (χ2v) is 6.40. The van der Waals surface area contributed by atoms with Crippen LogP contribution in [0.4, 0.5) is 13.2 Å². The molecule has 24 heavy (non-hydrogen) atoms. The summed E-state index contributed by atoms with van der Waals surface area (Å²) < 4.78 is 38.8. The van der Waals surface area contributed by atoms with Crippen LogP contribution >= 0.6 is 39.1 Å². The van der Waals surface area contributed by atoms with Gasteiger partial charge in [-0.25, -0.2) is 4.98 Å². The lowest BCUT2D eigenvalue weighted by atomic mass is 10.1. The van der Waals surface area contributed by atoms with Crippen LogP contribution in [0, 0.1) is 0 Å². The molecular weight excluding hydrogens is 436 g/mol. The van der Waals surface area contributed by atoms with Gasteiger partial charge in [0.25, 0.3) is 0 Å². The maximum absolute atomic E-state index is 13.0. The highest BCUT2D eigenvalue weighted by Gasteiger charge is 2.36. The molecule has 1 aliphatic rings. The van der Waals surface area contributed by atoms with Crippen LogP contribution in [0.15, 0.2) is 32.7 Å². The number of halogens is 6. The summed E-state index contributed by atoms with van der Waals surface area (Å²) in [6, 6.07) is 3.40. The molecule has 10 heteroatoms. The number of carbonyl (C=O) groups excluding carboxylic acids is 2. The van der Waals surface area contributed by atoms with Crippen LogP contribution in [-0.2, 0) is 6.18 Å². The number of benzene rings is 1. The summed E-state index contributed by atoms with van der Waals surface area (Å²) in [6.07, 6.45) is -4.58. The van der Waals surface area contributed by atoms with Crippen molar-refractivity contribution in [3.63, 3.8) is 0 Å². The second-order valence-electron chi connectivity index (χ2n) is 4.79. The number of alkyl halides is 3. The molecule has 0 radical (unpaired) electrons. The lowest BCUT2D eigenvalue weighted by Crippen LogP contribution is -2.17. The van der Waals surface area contributed by atoms with Gasteiger partial charge in [0.2, 0.25) is 11.6 Å². The summed E-state index contributed by atoms with van der Waals surface area (Å²) in [5.74, 6) is -1.59. The van der Waals surface area contributed by atoms with Crippen molar-refractivity contribution in [1.29, 1.82) is 0 Å². The van der Waals surface area contributed by atoms with Crippen molar-refractivity contribution in [2.24, 2.45) is 0 Å². The Morgan fingerprint density at radius 3 is 2.33 bits per heavy atom. The van der Waals surface area contributed by atoms with Crippen LogP contribution in [0.5, 0.6) is 0 Å². The largest absolute Gasteiger partial charge is 0.417 e. The molecule has 124 valence electrons. The first-order chi connectivity index (χ1) is 11.1. The molecular formula is C14H4BrCl2F3N2O2. The van der Waals surface area contributed by atoms with Crippen LogP contribution in [0.3, 0.4) is 0 Å². The molecule has 3 rings (SSSR count). The van der Waals surface area contributed by atoms with Crippen molar-refractivity contribution < 1.29 is 22.8 Å². The van der Waals surface area contributed by atoms with Crippen molar-refractivity contribution in [3.05, 3.63) is 49.7 Å². The van der Waals surface area contributed by atoms with Crippen molar-refractivity contribution >= 4 is 50.7 Å². The SMILES string of the molecule is O=C1C(Cl)=C(Cl)C(=O)c2[nH]c(-c3ccc(Br)c(C(F)(F)F)c3)nc21. The van der Waals surface area contributed by atoms with Crippen molar-refractivity contribution in [1.82, 2.24) is 9.97 Å². The molecule has 2 aromatic rings. The van der Waals surface area contributed by atoms with Gasteiger partial charge >= 0.3 is 6.18 Å². The molecule has 4 nitrogen and oxygen atoms in total. The highest BCUT2D eigenvalue weighted by Crippen LogP contribution is 2.38. The molecule has 1 aliphatic carbocycles. The van der Waals surface area contributed by atoms with Crippen LogP contribution < -0.4 is 0 Å². The molecule has 1 aromatic carbocycles. The smallest absolute Gasteiger partial charge is 0.335 e. The van der Waals surface area contributed by atoms with E-state index in [4.69, 9.17) is 23.2 Å². The molecule has 0 saturated heterocycles. The number of aromatic amines is 1. The van der Waals surface area contributed by atoms with Crippen molar-refractivity contribution in [2.75, 3.05) is 0 Å². The number of carbonyl (C=O) groups is 2. The van der Waals surface area contributed by atoms with Gasteiger partial charge in [-0.3, -0.25) is 9.59 Å². The van der Waals surface area contributed by atoms with E-state index in [1.165, 1.54) is 12.1 Å². The van der Waals surface area contributed by atoms with E-state index in [-0.39, 0.29) is 27.2 Å². The Labute approximate surface area is 150 Å². The summed E-state index contributed by atoms with van der Waals surface area (Å²) in [6.45, 7) is 0. The van der Waals surface area contributed by atoms with Gasteiger partial charge in [-0.2, -0.15) is 13.2 Å². The zero-order valence-electron chi connectivity index (χ0n) is 11.3. The number of Topliss-reactive ketones (excluding diaryl/α,β-unsaturated/α-hetero) is 2. The van der Waals surface area contributed by atoms with E-state index < -0.39 is 33.4 Å². The van der Waals surface area contributed by atoms with E-state index in [2.05, 4.69) is 25.9 Å². The molecule has 0 amide bonds. The van der Waals surface area contributed by atoms with Crippen LogP contribution in [0.1, 0.15) is 26.5 Å². The van der Waals surface area contributed by atoms with Crippen LogP contribution in [-0.4, -0.2) is 21.5 Å². The van der Waals surface area contributed by atoms with E-state index in [0.29, 0.717) is 0 Å². The Morgan fingerprint density at radius 1 is 1.08 bits per heavy atom. The Balaban J connectivity index is 2.14. The summed E-state index contributed by atoms with van der Waals surface area (Å²) in [4.78, 5) is 30.5. The number of ketones is 2. The van der Waals surface area contributed by atoms with Gasteiger partial charge in [0.15, 0.2) is 0 Å². The Bertz CT molecular complexity index is 893. The number of imidazole rings is 1. The first-order valence-electron chi connectivity index (χ1n) is 6.23. The number of allylic oxidation sites excluding steroid dienone is 2. The van der Waals surface area contributed by atoms with Gasteiger partial charge in [-0.1, -0.05) is 45.2 Å². The molecule has 0 unspecified atom stereocenters. The summed E-state index contributed by atoms with van der Waals surface area (Å²) in [7, 11) is 0. The number of hydrogen-bond donors (Lipinski definition) is 1. The number of nitrogens with one attached hydrogen (secondary N) is 1. The first kappa shape index (κ1) is 17.2. The summed E-state index contributed by atoms with van der Waals surface area (Å²) in [5, 5.41) is -0.935. The molecule has 0 bridgehead atoms. The fourth-order valence-electron chi connectivity index (χ4n) is 2.14.